The Balaban J connectivity index is 1.17. The van der Waals surface area contributed by atoms with Crippen LogP contribution < -0.4 is 22.1 Å². The summed E-state index contributed by atoms with van der Waals surface area (Å²) in [6.45, 7) is 5.65. The highest BCUT2D eigenvalue weighted by Crippen LogP contribution is 2.51. The predicted molar refractivity (Wildman–Crippen MR) is 151 cm³/mol. The van der Waals surface area contributed by atoms with Crippen molar-refractivity contribution in [3.63, 3.8) is 0 Å². The van der Waals surface area contributed by atoms with Gasteiger partial charge < -0.3 is 41.9 Å². The molecule has 18 heteroatoms. The van der Waals surface area contributed by atoms with Crippen LogP contribution in [0, 0.1) is 11.8 Å². The average molecular weight is 620 g/mol. The quantitative estimate of drug-likeness (QED) is 0.159. The van der Waals surface area contributed by atoms with Gasteiger partial charge in [-0.1, -0.05) is 6.92 Å². The maximum atomic E-state index is 13.2. The fourth-order valence-electron chi connectivity index (χ4n) is 6.35. The van der Waals surface area contributed by atoms with Gasteiger partial charge in [-0.25, -0.2) is 9.48 Å². The highest BCUT2D eigenvalue weighted by Gasteiger charge is 2.60. The minimum Gasteiger partial charge on any atom is -0.477 e. The summed E-state index contributed by atoms with van der Waals surface area (Å²) in [5, 5.41) is 26.7. The number of carboxylic acids is 1. The summed E-state index contributed by atoms with van der Waals surface area (Å²) >= 11 is 1.40. The van der Waals surface area contributed by atoms with E-state index < -0.39 is 36.1 Å². The Morgan fingerprint density at radius 1 is 1.21 bits per heavy atom. The molecule has 4 amide bonds. The molecule has 0 bridgehead atoms. The number of rotatable bonds is 10. The fraction of sp³-hybridized carbons (Fsp3) is 0.680. The van der Waals surface area contributed by atoms with Gasteiger partial charge in [0.1, 0.15) is 18.6 Å². The molecule has 1 aromatic heterocycles. The monoisotopic (exact) mass is 619 g/mol. The summed E-state index contributed by atoms with van der Waals surface area (Å²) in [5.41, 5.74) is 11.2. The van der Waals surface area contributed by atoms with Crippen molar-refractivity contribution in [1.82, 2.24) is 45.5 Å². The molecule has 7 N–H and O–H groups in total. The number of amides is 4. The number of piperazine rings is 1. The van der Waals surface area contributed by atoms with E-state index in [0.717, 1.165) is 0 Å². The molecular weight excluding hydrogens is 582 g/mol. The van der Waals surface area contributed by atoms with Crippen LogP contribution in [0.2, 0.25) is 0 Å². The lowest BCUT2D eigenvalue weighted by Crippen LogP contribution is -2.66. The zero-order valence-corrected chi connectivity index (χ0v) is 24.8. The minimum absolute atomic E-state index is 0.0257. The van der Waals surface area contributed by atoms with Crippen molar-refractivity contribution in [3.8, 4) is 0 Å². The molecule has 3 fully saturated rings. The van der Waals surface area contributed by atoms with E-state index in [9.17, 15) is 29.1 Å². The molecule has 1 aromatic rings. The van der Waals surface area contributed by atoms with Crippen LogP contribution >= 0.6 is 11.8 Å². The van der Waals surface area contributed by atoms with Crippen LogP contribution in [0.4, 0.5) is 0 Å². The summed E-state index contributed by atoms with van der Waals surface area (Å²) < 4.78 is 1.27. The number of nitrogens with one attached hydrogen (secondary N) is 2. The normalized spacial score (nSPS) is 28.4. The number of hydrogen-bond donors (Lipinski definition) is 5. The molecule has 0 aromatic carbocycles. The molecule has 3 saturated heterocycles. The van der Waals surface area contributed by atoms with Gasteiger partial charge in [-0.15, -0.1) is 16.9 Å². The van der Waals surface area contributed by atoms with Gasteiger partial charge in [-0.2, -0.15) is 0 Å². The maximum absolute atomic E-state index is 13.2. The van der Waals surface area contributed by atoms with Crippen molar-refractivity contribution in [3.05, 3.63) is 16.9 Å². The lowest BCUT2D eigenvalue weighted by atomic mass is 9.78. The number of fused-ring (bicyclic) bond motifs is 1. The van der Waals surface area contributed by atoms with Crippen molar-refractivity contribution in [2.45, 2.75) is 56.2 Å². The van der Waals surface area contributed by atoms with Crippen molar-refractivity contribution in [1.29, 1.82) is 0 Å². The molecule has 5 rings (SSSR count). The summed E-state index contributed by atoms with van der Waals surface area (Å²) in [5.74, 6) is -3.01. The zero-order valence-electron chi connectivity index (χ0n) is 24.0. The van der Waals surface area contributed by atoms with Gasteiger partial charge in [-0.05, 0) is 23.8 Å². The second-order valence-electron chi connectivity index (χ2n) is 11.3. The van der Waals surface area contributed by atoms with Gasteiger partial charge in [0, 0.05) is 61.4 Å². The number of aliphatic carboxylic acids is 1. The smallest absolute Gasteiger partial charge is 0.353 e. The fourth-order valence-corrected chi connectivity index (χ4v) is 7.83. The van der Waals surface area contributed by atoms with Gasteiger partial charge >= 0.3 is 5.97 Å². The van der Waals surface area contributed by atoms with Crippen molar-refractivity contribution >= 4 is 41.4 Å². The van der Waals surface area contributed by atoms with Gasteiger partial charge in [0.2, 0.25) is 23.6 Å². The number of tetrazole rings is 1. The Hall–Kier alpha value is -3.61. The molecule has 4 aliphatic rings. The number of nitrogens with two attached hydrogens (primary N) is 2. The maximum Gasteiger partial charge on any atom is 0.353 e. The zero-order chi connectivity index (χ0) is 31.0. The molecular formula is C25H37N11O6S. The van der Waals surface area contributed by atoms with Crippen molar-refractivity contribution in [2.24, 2.45) is 23.3 Å². The third-order valence-electron chi connectivity index (χ3n) is 8.57. The third kappa shape index (κ3) is 5.96. The van der Waals surface area contributed by atoms with Crippen molar-refractivity contribution in [2.75, 3.05) is 39.3 Å². The van der Waals surface area contributed by atoms with E-state index in [1.165, 1.54) is 27.7 Å². The van der Waals surface area contributed by atoms with Crippen LogP contribution in [0.3, 0.4) is 0 Å². The second-order valence-corrected chi connectivity index (χ2v) is 12.7. The molecule has 234 valence electrons. The van der Waals surface area contributed by atoms with Crippen LogP contribution in [0.1, 0.15) is 20.3 Å². The third-order valence-corrected chi connectivity index (χ3v) is 10.1. The first-order valence-corrected chi connectivity index (χ1v) is 15.1. The molecule has 0 spiro atoms. The van der Waals surface area contributed by atoms with Gasteiger partial charge in [-0.3, -0.25) is 19.2 Å². The van der Waals surface area contributed by atoms with Gasteiger partial charge in [0.05, 0.1) is 24.0 Å². The second kappa shape index (κ2) is 12.6. The number of carboxylic acid groups (broad SMARTS) is 1. The Morgan fingerprint density at radius 3 is 2.53 bits per heavy atom. The van der Waals surface area contributed by atoms with E-state index in [-0.39, 0.29) is 53.6 Å². The van der Waals surface area contributed by atoms with E-state index in [0.29, 0.717) is 44.0 Å². The van der Waals surface area contributed by atoms with Gasteiger partial charge in [0.15, 0.2) is 0 Å². The van der Waals surface area contributed by atoms with E-state index in [1.54, 1.807) is 16.7 Å². The molecule has 4 aliphatic heterocycles. The number of carbonyl (C=O) groups is 5. The summed E-state index contributed by atoms with van der Waals surface area (Å²) in [7, 11) is 0. The summed E-state index contributed by atoms with van der Waals surface area (Å²) in [4.78, 5) is 68.9. The first kappa shape index (κ1) is 30.8. The molecule has 5 heterocycles. The number of thioether (sulfide) groups is 1. The lowest BCUT2D eigenvalue weighted by Gasteiger charge is -2.47. The first-order chi connectivity index (χ1) is 20.5. The minimum atomic E-state index is -1.18. The topological polar surface area (TPSA) is 235 Å². The average Bonchev–Trinajstić information content (AvgIpc) is 3.72. The van der Waals surface area contributed by atoms with E-state index in [1.807, 2.05) is 6.92 Å². The number of aromatic nitrogens is 4. The Bertz CT molecular complexity index is 1300. The highest BCUT2D eigenvalue weighted by atomic mass is 32.2. The van der Waals surface area contributed by atoms with Crippen molar-refractivity contribution < 1.29 is 29.1 Å². The number of hydrogen-bond acceptors (Lipinski definition) is 12. The predicted octanol–water partition coefficient (Wildman–Crippen LogP) is -3.63. The summed E-state index contributed by atoms with van der Waals surface area (Å²) in [6, 6.07) is -2.11. The Labute approximate surface area is 251 Å². The largest absolute Gasteiger partial charge is 0.477 e. The molecule has 0 saturated carbocycles. The van der Waals surface area contributed by atoms with Crippen LogP contribution in [-0.4, -0.2) is 138 Å². The summed E-state index contributed by atoms with van der Waals surface area (Å²) in [6.07, 6.45) is 1.81. The molecule has 17 nitrogen and oxygen atoms in total. The van der Waals surface area contributed by atoms with E-state index in [4.69, 9.17) is 11.5 Å². The van der Waals surface area contributed by atoms with E-state index in [2.05, 4.69) is 26.2 Å². The van der Waals surface area contributed by atoms with Crippen LogP contribution in [-0.2, 0) is 30.5 Å². The molecule has 2 unspecified atom stereocenters. The number of β-lactam (4-membered cyclic amide) rings is 1. The standard InChI is InChI=1S/C25H37N11O6S/c1-12-19-18(13(2)30-17(37)10-35-11-29-31-32-35)24(40)36(19)20(25(41)42)21(12)43-14-7-16(28-9-14)23(39)34-5-3-33(4-6-34)22(38)15(27)8-26/h11-16,18-19,28H,3-10,26-27H2,1-2H3,(H,30,37)(H,41,42)/t12-,13?,14+,15?,16+,18-,19-/m1/s1. The number of nitrogens with zero attached hydrogens (tertiary/aromatic N) is 7. The Kier molecular flexibility index (Phi) is 9.00. The van der Waals surface area contributed by atoms with Crippen LogP contribution in [0.15, 0.2) is 16.9 Å². The lowest BCUT2D eigenvalue weighted by molar-refractivity contribution is -0.158. The highest BCUT2D eigenvalue weighted by molar-refractivity contribution is 8.03. The van der Waals surface area contributed by atoms with Crippen LogP contribution in [0.25, 0.3) is 0 Å². The molecule has 7 atom stereocenters. The molecule has 43 heavy (non-hydrogen) atoms. The SMILES string of the molecule is CC(NC(=O)Cn1cnnn1)[C@H]1C(=O)N2C(C(=O)O)=C(S[C@@H]3CN[C@H](C(=O)N4CCN(C(=O)C(N)CN)CC4)C3)[C@H](C)[C@H]12. The first-order valence-electron chi connectivity index (χ1n) is 14.3. The van der Waals surface area contributed by atoms with E-state index >= 15 is 0 Å². The number of carbonyl (C=O) groups excluding carboxylic acids is 4. The van der Waals surface area contributed by atoms with Gasteiger partial charge in [0.25, 0.3) is 0 Å². The Morgan fingerprint density at radius 2 is 1.91 bits per heavy atom. The van der Waals surface area contributed by atoms with Crippen LogP contribution in [0.5, 0.6) is 0 Å². The molecule has 0 aliphatic carbocycles. The molecule has 0 radical (unpaired) electrons.